The summed E-state index contributed by atoms with van der Waals surface area (Å²) in [6, 6.07) is 10.8. The number of cyclic esters (lactones) is 2. The molecule has 0 spiro atoms. The van der Waals surface area contributed by atoms with Crippen LogP contribution in [-0.2, 0) is 27.4 Å². The number of pyridine rings is 1. The summed E-state index contributed by atoms with van der Waals surface area (Å²) in [7, 11) is 1.44. The number of fused-ring (bicyclic) bond motifs is 2. The fourth-order valence-electron chi connectivity index (χ4n) is 6.35. The number of epoxide rings is 1. The minimum Gasteiger partial charge on any atom is -0.495 e. The zero-order valence-corrected chi connectivity index (χ0v) is 26.5. The van der Waals surface area contributed by atoms with Crippen molar-refractivity contribution in [1.82, 2.24) is 15.2 Å². The summed E-state index contributed by atoms with van der Waals surface area (Å²) in [5.41, 5.74) is 7.71. The maximum atomic E-state index is 12.6. The number of likely N-dealkylation sites (tertiary alicyclic amines) is 1. The van der Waals surface area contributed by atoms with Gasteiger partial charge in [-0.3, -0.25) is 4.79 Å². The largest absolute Gasteiger partial charge is 0.495 e. The second-order valence-corrected chi connectivity index (χ2v) is 12.0. The number of nitrogens with zero attached hydrogens (tertiary/aromatic N) is 3. The smallest absolute Gasteiger partial charge is 0.338 e. The molecule has 0 unspecified atom stereocenters. The summed E-state index contributed by atoms with van der Waals surface area (Å²) < 4.78 is 20.5. The number of methoxy groups -OCH3 is 1. The third-order valence-corrected chi connectivity index (χ3v) is 9.25. The van der Waals surface area contributed by atoms with Crippen LogP contribution in [0.5, 0.6) is 5.75 Å². The second-order valence-electron chi connectivity index (χ2n) is 12.0. The van der Waals surface area contributed by atoms with Gasteiger partial charge >= 0.3 is 11.9 Å². The highest BCUT2D eigenvalue weighted by Crippen LogP contribution is 2.36. The number of amides is 1. The molecule has 2 N–H and O–H groups in total. The van der Waals surface area contributed by atoms with Crippen LogP contribution >= 0.6 is 0 Å². The molecule has 2 atom stereocenters. The average molecular weight is 641 g/mol. The van der Waals surface area contributed by atoms with E-state index in [1.165, 1.54) is 24.9 Å². The van der Waals surface area contributed by atoms with Gasteiger partial charge in [-0.2, -0.15) is 5.26 Å². The van der Waals surface area contributed by atoms with Crippen molar-refractivity contribution in [2.45, 2.75) is 58.2 Å². The van der Waals surface area contributed by atoms with Gasteiger partial charge in [0.25, 0.3) is 5.91 Å². The van der Waals surface area contributed by atoms with E-state index in [1.807, 2.05) is 32.0 Å². The molecule has 47 heavy (non-hydrogen) atoms. The molecule has 5 heterocycles. The number of benzene rings is 2. The third-order valence-electron chi connectivity index (χ3n) is 9.25. The number of rotatable bonds is 7. The van der Waals surface area contributed by atoms with Crippen molar-refractivity contribution < 1.29 is 38.4 Å². The van der Waals surface area contributed by atoms with Crippen LogP contribution in [0, 0.1) is 25.2 Å². The van der Waals surface area contributed by atoms with Gasteiger partial charge in [0.15, 0.2) is 0 Å². The van der Waals surface area contributed by atoms with E-state index >= 15 is 0 Å². The fourth-order valence-corrected chi connectivity index (χ4v) is 6.35. The molecule has 2 fully saturated rings. The van der Waals surface area contributed by atoms with E-state index in [1.54, 1.807) is 12.1 Å². The molecule has 7 rings (SSSR count). The first kappa shape index (κ1) is 32.1. The maximum absolute atomic E-state index is 12.6. The van der Waals surface area contributed by atoms with Gasteiger partial charge in [-0.1, -0.05) is 12.1 Å². The van der Waals surface area contributed by atoms with E-state index in [4.69, 9.17) is 24.2 Å². The number of aliphatic hydroxyl groups excluding tert-OH is 1. The number of carbonyl (C=O) groups is 3. The van der Waals surface area contributed by atoms with Crippen molar-refractivity contribution in [3.63, 3.8) is 0 Å². The Hall–Kier alpha value is -4.83. The van der Waals surface area contributed by atoms with Crippen molar-refractivity contribution in [1.29, 1.82) is 5.26 Å². The van der Waals surface area contributed by atoms with Crippen LogP contribution in [0.2, 0.25) is 0 Å². The number of esters is 2. The zero-order chi connectivity index (χ0) is 33.2. The van der Waals surface area contributed by atoms with Crippen LogP contribution in [0.1, 0.15) is 95.2 Å². The molecule has 4 aliphatic rings. The molecule has 3 aromatic rings. The molecule has 0 radical (unpaired) electrons. The highest BCUT2D eigenvalue weighted by Gasteiger charge is 2.31. The molecule has 0 saturated carbocycles. The molecule has 244 valence electrons. The molecule has 1 aromatic heterocycles. The van der Waals surface area contributed by atoms with Crippen molar-refractivity contribution in [2.24, 2.45) is 0 Å². The third kappa shape index (κ3) is 6.69. The number of piperidine rings is 1. The topological polar surface area (TPSA) is 164 Å². The quantitative estimate of drug-likeness (QED) is 0.286. The van der Waals surface area contributed by atoms with Crippen molar-refractivity contribution in [2.75, 3.05) is 33.4 Å². The number of aliphatic hydroxyl groups is 1. The van der Waals surface area contributed by atoms with Crippen LogP contribution in [0.25, 0.3) is 0 Å². The predicted octanol–water partition coefficient (Wildman–Crippen LogP) is 3.61. The van der Waals surface area contributed by atoms with Crippen LogP contribution in [-0.4, -0.2) is 72.2 Å². The number of nitriles is 1. The van der Waals surface area contributed by atoms with Gasteiger partial charge in [-0.05, 0) is 61.1 Å². The summed E-state index contributed by atoms with van der Waals surface area (Å²) in [6.45, 7) is 7.35. The molecule has 12 heteroatoms. The van der Waals surface area contributed by atoms with Gasteiger partial charge in [0.2, 0.25) is 0 Å². The lowest BCUT2D eigenvalue weighted by atomic mass is 9.94. The van der Waals surface area contributed by atoms with Crippen molar-refractivity contribution in [3.05, 3.63) is 92.3 Å². The molecule has 2 aromatic carbocycles. The van der Waals surface area contributed by atoms with Gasteiger partial charge < -0.3 is 34.3 Å². The van der Waals surface area contributed by atoms with Gasteiger partial charge in [-0.15, -0.1) is 0 Å². The summed E-state index contributed by atoms with van der Waals surface area (Å²) in [4.78, 5) is 41.8. The Morgan fingerprint density at radius 3 is 2.34 bits per heavy atom. The number of β-amino-alcohol motifs (C(OH)–C–C–N with tert-alkyl or cyclic N) is 1. The Balaban J connectivity index is 0.000000227. The lowest BCUT2D eigenvalue weighted by Crippen LogP contribution is -2.45. The van der Waals surface area contributed by atoms with Crippen LogP contribution in [0.3, 0.4) is 0 Å². The van der Waals surface area contributed by atoms with E-state index in [9.17, 15) is 19.5 Å². The number of carbonyl (C=O) groups excluding carboxylic acids is 3. The summed E-state index contributed by atoms with van der Waals surface area (Å²) in [5, 5.41) is 22.9. The van der Waals surface area contributed by atoms with E-state index < -0.39 is 6.10 Å². The standard InChI is InChI=1S/C24H26N4O5.C11H10O3/c1-14-17(3-4-18-19(14)13-33-24(18)31)21(29)12-28-7-5-16(6-8-28)27-23(30)20-9-22(32-2)15(10-25)11-26-20;1-6-7(10-5-13-10)2-3-8-9(6)4-14-11(8)12/h3-4,9,11,16,21,29H,5-8,12-13H2,1-2H3,(H,27,30);2-3,10H,4-5H2,1H3/t21-;10-/m00/s1. The average Bonchev–Trinajstić information content (AvgIpc) is 3.75. The second kappa shape index (κ2) is 13.5. The van der Waals surface area contributed by atoms with E-state index in [0.29, 0.717) is 30.0 Å². The predicted molar refractivity (Wildman–Crippen MR) is 167 cm³/mol. The minimum absolute atomic E-state index is 0.000720. The zero-order valence-electron chi connectivity index (χ0n) is 26.5. The Morgan fingerprint density at radius 2 is 1.72 bits per heavy atom. The maximum Gasteiger partial charge on any atom is 0.338 e. The number of hydrogen-bond acceptors (Lipinski definition) is 11. The first-order valence-electron chi connectivity index (χ1n) is 15.5. The highest BCUT2D eigenvalue weighted by molar-refractivity contribution is 5.94. The molecule has 4 aliphatic heterocycles. The monoisotopic (exact) mass is 640 g/mol. The highest BCUT2D eigenvalue weighted by atomic mass is 16.6. The number of aromatic nitrogens is 1. The summed E-state index contributed by atoms with van der Waals surface area (Å²) in [5.74, 6) is -0.500. The first-order chi connectivity index (χ1) is 22.7. The lowest BCUT2D eigenvalue weighted by Gasteiger charge is -2.33. The van der Waals surface area contributed by atoms with Crippen LogP contribution in [0.15, 0.2) is 36.5 Å². The van der Waals surface area contributed by atoms with Crippen LogP contribution < -0.4 is 10.1 Å². The Bertz CT molecular complexity index is 1770. The number of ether oxygens (including phenoxy) is 4. The van der Waals surface area contributed by atoms with Crippen molar-refractivity contribution in [3.8, 4) is 11.8 Å². The molecule has 12 nitrogen and oxygen atoms in total. The molecule has 2 saturated heterocycles. The van der Waals surface area contributed by atoms with Crippen molar-refractivity contribution >= 4 is 17.8 Å². The molecular weight excluding hydrogens is 604 g/mol. The first-order valence-corrected chi connectivity index (χ1v) is 15.5. The van der Waals surface area contributed by atoms with Gasteiger partial charge in [-0.25, -0.2) is 14.6 Å². The fraction of sp³-hybridized carbons (Fsp3) is 0.400. The van der Waals surface area contributed by atoms with E-state index in [2.05, 4.69) is 15.2 Å². The normalized spacial score (nSPS) is 18.9. The lowest BCUT2D eigenvalue weighted by molar-refractivity contribution is 0.0526. The Labute approximate surface area is 272 Å². The van der Waals surface area contributed by atoms with Gasteiger partial charge in [0.05, 0.1) is 30.9 Å². The minimum atomic E-state index is -0.674. The summed E-state index contributed by atoms with van der Waals surface area (Å²) >= 11 is 0. The Morgan fingerprint density at radius 1 is 1.09 bits per heavy atom. The van der Waals surface area contributed by atoms with E-state index in [0.717, 1.165) is 60.4 Å². The van der Waals surface area contributed by atoms with Crippen LogP contribution in [0.4, 0.5) is 0 Å². The SMILES string of the molecule is COc1cc(C(=O)NC2CCN(C[C@H](O)c3ccc4c(c3C)COC4=O)CC2)ncc1C#N.Cc1c([C@@H]2CO2)ccc2c1COC2=O. The van der Waals surface area contributed by atoms with Gasteiger partial charge in [0.1, 0.15) is 42.4 Å². The van der Waals surface area contributed by atoms with Gasteiger partial charge in [0, 0.05) is 49.1 Å². The molecular formula is C35H36N4O8. The number of nitrogens with one attached hydrogen (secondary N) is 1. The number of hydrogen-bond donors (Lipinski definition) is 2. The molecule has 0 bridgehead atoms. The van der Waals surface area contributed by atoms with E-state index in [-0.39, 0.29) is 47.9 Å². The summed E-state index contributed by atoms with van der Waals surface area (Å²) in [6.07, 6.45) is 2.40. The molecule has 1 amide bonds. The molecule has 0 aliphatic carbocycles. The Kier molecular flexibility index (Phi) is 9.22.